The number of carboxylic acid groups (broad SMARTS) is 1. The molecule has 0 spiro atoms. The number of aliphatic hydroxyl groups is 1. The van der Waals surface area contributed by atoms with Gasteiger partial charge in [-0.05, 0) is 96.3 Å². The van der Waals surface area contributed by atoms with Gasteiger partial charge in [-0.2, -0.15) is 0 Å². The number of aliphatic carboxylic acids is 1. The predicted octanol–water partition coefficient (Wildman–Crippen LogP) is 11.5. The average molecular weight is 811 g/mol. The Kier molecular flexibility index (Phi) is 40.1. The fourth-order valence-corrected chi connectivity index (χ4v) is 6.21. The molecular weight excluding hydrogens is 729 g/mol. The van der Waals surface area contributed by atoms with Crippen molar-refractivity contribution in [3.63, 3.8) is 0 Å². The number of unbranched alkanes of at least 4 members (excludes halogenated alkanes) is 14. The number of carboxylic acids is 1. The number of nitrogens with one attached hydrogen (secondary N) is 2. The molecule has 2 amide bonds. The molecule has 0 aliphatic heterocycles. The van der Waals surface area contributed by atoms with E-state index in [4.69, 9.17) is 14.9 Å². The molecule has 0 aromatic carbocycles. The Morgan fingerprint density at radius 1 is 0.534 bits per heavy atom. The molecule has 2 unspecified atom stereocenters. The molecule has 0 radical (unpaired) electrons. The maximum absolute atomic E-state index is 12.8. The maximum Gasteiger partial charge on any atom is 0.328 e. The first kappa shape index (κ1) is 54.3. The fraction of sp³-hybridized carbons (Fsp3) is 0.673. The molecule has 0 aromatic heterocycles. The van der Waals surface area contributed by atoms with Gasteiger partial charge in [0.05, 0.1) is 13.2 Å². The summed E-state index contributed by atoms with van der Waals surface area (Å²) in [4.78, 5) is 47.6. The number of allylic oxidation sites excluding steroid dienone is 12. The van der Waals surface area contributed by atoms with Crippen LogP contribution in [-0.2, 0) is 23.9 Å². The zero-order valence-corrected chi connectivity index (χ0v) is 36.5. The van der Waals surface area contributed by atoms with Crippen molar-refractivity contribution in [2.45, 2.75) is 199 Å². The second-order valence-electron chi connectivity index (χ2n) is 15.1. The van der Waals surface area contributed by atoms with Crippen LogP contribution in [0.2, 0.25) is 0 Å². The quantitative estimate of drug-likeness (QED) is 0.0274. The summed E-state index contributed by atoms with van der Waals surface area (Å²) >= 11 is 0. The highest BCUT2D eigenvalue weighted by atomic mass is 16.5. The molecule has 0 saturated heterocycles. The van der Waals surface area contributed by atoms with Crippen LogP contribution in [-0.4, -0.2) is 59.3 Å². The number of aliphatic hydroxyl groups excluding tert-OH is 1. The van der Waals surface area contributed by atoms with Crippen LogP contribution in [0.1, 0.15) is 187 Å². The number of amides is 2. The highest BCUT2D eigenvalue weighted by molar-refractivity contribution is 5.87. The van der Waals surface area contributed by atoms with E-state index >= 15 is 0 Å². The number of rotatable bonds is 40. The standard InChI is InChI=1S/C49H82N2O7/c1-3-5-7-9-11-13-15-17-18-19-20-22-24-26-28-33-37-41-48(55)58-44(38-34-30-27-25-23-21-16-14-12-10-8-6-4-2)39-35-31-29-32-36-40-46(53)50-42-47(54)51-45(43-52)49(56)57/h6,8,11-14,17-18,21,23,27,30,44-45,52H,3-5,7,9-10,15-16,19-20,22,24-26,28-29,31-43H2,1-2H3,(H,50,53)(H,51,54)(H,56,57)/b8-6-,13-11-,14-12-,18-17-,23-21-,30-27-. The Morgan fingerprint density at radius 3 is 1.57 bits per heavy atom. The third kappa shape index (κ3) is 39.1. The zero-order chi connectivity index (χ0) is 42.6. The summed E-state index contributed by atoms with van der Waals surface area (Å²) in [6.07, 6.45) is 53.6. The lowest BCUT2D eigenvalue weighted by molar-refractivity contribution is -0.150. The van der Waals surface area contributed by atoms with Crippen molar-refractivity contribution in [1.82, 2.24) is 10.6 Å². The van der Waals surface area contributed by atoms with Gasteiger partial charge >= 0.3 is 11.9 Å². The van der Waals surface area contributed by atoms with Crippen LogP contribution in [0.15, 0.2) is 72.9 Å². The van der Waals surface area contributed by atoms with Gasteiger partial charge in [-0.3, -0.25) is 14.4 Å². The topological polar surface area (TPSA) is 142 Å². The molecule has 0 aliphatic rings. The molecule has 9 heteroatoms. The van der Waals surface area contributed by atoms with Gasteiger partial charge in [0, 0.05) is 12.8 Å². The van der Waals surface area contributed by atoms with Crippen LogP contribution in [0.25, 0.3) is 0 Å². The van der Waals surface area contributed by atoms with Crippen LogP contribution >= 0.6 is 0 Å². The predicted molar refractivity (Wildman–Crippen MR) is 240 cm³/mol. The van der Waals surface area contributed by atoms with E-state index in [2.05, 4.69) is 97.4 Å². The van der Waals surface area contributed by atoms with Gasteiger partial charge in [0.15, 0.2) is 0 Å². The largest absolute Gasteiger partial charge is 0.480 e. The number of carbonyl (C=O) groups is 4. The molecule has 0 aliphatic carbocycles. The van der Waals surface area contributed by atoms with Gasteiger partial charge in [-0.1, -0.05) is 151 Å². The molecular formula is C49H82N2O7. The van der Waals surface area contributed by atoms with E-state index in [0.29, 0.717) is 12.8 Å². The normalized spacial score (nSPS) is 13.2. The number of ether oxygens (including phenoxy) is 1. The first-order chi connectivity index (χ1) is 28.3. The molecule has 0 fully saturated rings. The Bertz CT molecular complexity index is 1200. The molecule has 58 heavy (non-hydrogen) atoms. The van der Waals surface area contributed by atoms with E-state index in [1.54, 1.807) is 0 Å². The minimum absolute atomic E-state index is 0.0905. The fourth-order valence-electron chi connectivity index (χ4n) is 6.21. The average Bonchev–Trinajstić information content (AvgIpc) is 3.21. The maximum atomic E-state index is 12.8. The molecule has 0 heterocycles. The zero-order valence-electron chi connectivity index (χ0n) is 36.5. The molecule has 2 atom stereocenters. The summed E-state index contributed by atoms with van der Waals surface area (Å²) in [6.45, 7) is 3.33. The number of carbonyl (C=O) groups excluding carboxylic acids is 3. The van der Waals surface area contributed by atoms with Crippen molar-refractivity contribution in [2.24, 2.45) is 0 Å². The van der Waals surface area contributed by atoms with Crippen LogP contribution < -0.4 is 10.6 Å². The number of hydrogen-bond acceptors (Lipinski definition) is 6. The van der Waals surface area contributed by atoms with Crippen LogP contribution in [0.3, 0.4) is 0 Å². The Balaban J connectivity index is 4.43. The molecule has 0 saturated carbocycles. The number of hydrogen-bond donors (Lipinski definition) is 4. The van der Waals surface area contributed by atoms with Gasteiger partial charge in [0.25, 0.3) is 0 Å². The summed E-state index contributed by atoms with van der Waals surface area (Å²) in [6, 6.07) is -1.39. The van der Waals surface area contributed by atoms with Crippen molar-refractivity contribution in [3.8, 4) is 0 Å². The first-order valence-corrected chi connectivity index (χ1v) is 22.8. The van der Waals surface area contributed by atoms with Gasteiger partial charge < -0.3 is 25.6 Å². The SMILES string of the molecule is CC/C=C\C/C=C\C/C=C\C/C=C\CCC(CCCCCCCC(=O)NCC(=O)NC(CO)C(=O)O)OC(=O)CCCCCCCCC/C=C\C/C=C\CCCCC. The monoisotopic (exact) mass is 811 g/mol. The van der Waals surface area contributed by atoms with E-state index in [1.807, 2.05) is 0 Å². The van der Waals surface area contributed by atoms with Crippen LogP contribution in [0.5, 0.6) is 0 Å². The Morgan fingerprint density at radius 2 is 1.02 bits per heavy atom. The highest BCUT2D eigenvalue weighted by Crippen LogP contribution is 2.17. The van der Waals surface area contributed by atoms with Crippen molar-refractivity contribution in [1.29, 1.82) is 0 Å². The summed E-state index contributed by atoms with van der Waals surface area (Å²) in [5.41, 5.74) is 0. The lowest BCUT2D eigenvalue weighted by Crippen LogP contribution is -2.47. The van der Waals surface area contributed by atoms with E-state index < -0.39 is 24.5 Å². The molecule has 0 aromatic rings. The van der Waals surface area contributed by atoms with E-state index in [9.17, 15) is 19.2 Å². The molecule has 0 bridgehead atoms. The van der Waals surface area contributed by atoms with Crippen molar-refractivity contribution in [2.75, 3.05) is 13.2 Å². The molecule has 9 nitrogen and oxygen atoms in total. The van der Waals surface area contributed by atoms with Gasteiger partial charge in [-0.25, -0.2) is 4.79 Å². The van der Waals surface area contributed by atoms with Crippen LogP contribution in [0.4, 0.5) is 0 Å². The van der Waals surface area contributed by atoms with Gasteiger partial charge in [0.1, 0.15) is 12.1 Å². The second kappa shape index (κ2) is 42.9. The summed E-state index contributed by atoms with van der Waals surface area (Å²) in [5.74, 6) is -2.36. The van der Waals surface area contributed by atoms with Gasteiger partial charge in [0.2, 0.25) is 11.8 Å². The van der Waals surface area contributed by atoms with Crippen LogP contribution in [0, 0.1) is 0 Å². The van der Waals surface area contributed by atoms with E-state index in [1.165, 1.54) is 51.4 Å². The van der Waals surface area contributed by atoms with Crippen molar-refractivity contribution >= 4 is 23.8 Å². The second-order valence-corrected chi connectivity index (χ2v) is 15.1. The lowest BCUT2D eigenvalue weighted by atomic mass is 10.0. The Hall–Kier alpha value is -3.72. The Labute approximate surface area is 353 Å². The smallest absolute Gasteiger partial charge is 0.328 e. The summed E-state index contributed by atoms with van der Waals surface area (Å²) < 4.78 is 5.99. The minimum atomic E-state index is -1.39. The third-order valence-corrected chi connectivity index (χ3v) is 9.70. The van der Waals surface area contributed by atoms with Gasteiger partial charge in [-0.15, -0.1) is 0 Å². The highest BCUT2D eigenvalue weighted by Gasteiger charge is 2.19. The van der Waals surface area contributed by atoms with Crippen molar-refractivity contribution < 1.29 is 34.1 Å². The molecule has 4 N–H and O–H groups in total. The van der Waals surface area contributed by atoms with E-state index in [0.717, 1.165) is 103 Å². The van der Waals surface area contributed by atoms with E-state index in [-0.39, 0.29) is 30.9 Å². The molecule has 330 valence electrons. The van der Waals surface area contributed by atoms with Crippen molar-refractivity contribution in [3.05, 3.63) is 72.9 Å². The minimum Gasteiger partial charge on any atom is -0.480 e. The first-order valence-electron chi connectivity index (χ1n) is 22.8. The lowest BCUT2D eigenvalue weighted by Gasteiger charge is -2.17. The number of esters is 1. The summed E-state index contributed by atoms with van der Waals surface area (Å²) in [7, 11) is 0. The summed E-state index contributed by atoms with van der Waals surface area (Å²) in [5, 5.41) is 22.6. The molecule has 0 rings (SSSR count). The third-order valence-electron chi connectivity index (χ3n) is 9.70.